The van der Waals surface area contributed by atoms with E-state index in [1.165, 1.54) is 24.3 Å². The number of carboxylic acids is 1. The topological polar surface area (TPSA) is 299 Å². The number of nitrogens with zero attached hydrogens (tertiary/aromatic N) is 1. The molecule has 4 atom stereocenters. The van der Waals surface area contributed by atoms with Crippen molar-refractivity contribution < 1.29 is 39.3 Å². The first-order chi connectivity index (χ1) is 21.2. The molecule has 4 amide bonds. The second-order valence-corrected chi connectivity index (χ2v) is 10.3. The Labute approximate surface area is 259 Å². The van der Waals surface area contributed by atoms with Gasteiger partial charge in [0.2, 0.25) is 23.6 Å². The normalized spacial score (nSPS) is 13.4. The average Bonchev–Trinajstić information content (AvgIpc) is 2.97. The van der Waals surface area contributed by atoms with Crippen LogP contribution in [-0.4, -0.2) is 81.6 Å². The van der Waals surface area contributed by atoms with E-state index in [1.54, 1.807) is 24.3 Å². The van der Waals surface area contributed by atoms with E-state index in [2.05, 4.69) is 20.9 Å². The third kappa shape index (κ3) is 13.2. The van der Waals surface area contributed by atoms with Crippen molar-refractivity contribution in [2.24, 2.45) is 27.9 Å². The molecular formula is C29H40N8O8. The first kappa shape index (κ1) is 35.8. The van der Waals surface area contributed by atoms with Crippen LogP contribution in [0.1, 0.15) is 36.8 Å². The fourth-order valence-electron chi connectivity index (χ4n) is 4.20. The molecule has 2 aromatic rings. The molecule has 0 saturated heterocycles. The van der Waals surface area contributed by atoms with Crippen LogP contribution >= 0.6 is 0 Å². The predicted molar refractivity (Wildman–Crippen MR) is 163 cm³/mol. The van der Waals surface area contributed by atoms with Gasteiger partial charge in [-0.05, 0) is 61.1 Å². The van der Waals surface area contributed by atoms with E-state index in [0.29, 0.717) is 11.1 Å². The zero-order chi connectivity index (χ0) is 33.5. The summed E-state index contributed by atoms with van der Waals surface area (Å²) in [5, 5.41) is 36.2. The molecule has 0 radical (unpaired) electrons. The number of guanidine groups is 1. The number of carbonyl (C=O) groups excluding carboxylic acids is 4. The van der Waals surface area contributed by atoms with Crippen LogP contribution in [0.15, 0.2) is 53.5 Å². The maximum absolute atomic E-state index is 13.6. The van der Waals surface area contributed by atoms with Crippen LogP contribution in [0, 0.1) is 0 Å². The summed E-state index contributed by atoms with van der Waals surface area (Å²) in [7, 11) is 0. The van der Waals surface area contributed by atoms with Gasteiger partial charge in [0, 0.05) is 19.4 Å². The molecule has 0 aliphatic carbocycles. The maximum Gasteiger partial charge on any atom is 0.326 e. The van der Waals surface area contributed by atoms with Crippen molar-refractivity contribution in [1.29, 1.82) is 0 Å². The van der Waals surface area contributed by atoms with E-state index in [4.69, 9.17) is 22.9 Å². The summed E-state index contributed by atoms with van der Waals surface area (Å²) < 4.78 is 0. The maximum atomic E-state index is 13.6. The van der Waals surface area contributed by atoms with Crippen LogP contribution in [0.4, 0.5) is 0 Å². The van der Waals surface area contributed by atoms with Crippen molar-refractivity contribution in [2.45, 2.75) is 62.7 Å². The summed E-state index contributed by atoms with van der Waals surface area (Å²) in [4.78, 5) is 66.6. The molecule has 2 rings (SSSR count). The number of aliphatic imine (C=N–C) groups is 1. The molecule has 0 aromatic heterocycles. The van der Waals surface area contributed by atoms with Gasteiger partial charge >= 0.3 is 5.97 Å². The molecule has 45 heavy (non-hydrogen) atoms. The first-order valence-electron chi connectivity index (χ1n) is 14.0. The second-order valence-electron chi connectivity index (χ2n) is 10.3. The molecule has 0 saturated carbocycles. The Morgan fingerprint density at radius 3 is 1.69 bits per heavy atom. The number of phenolic OH excluding ortho intramolecular Hbond substituents is 2. The molecule has 4 unspecified atom stereocenters. The van der Waals surface area contributed by atoms with Crippen LogP contribution in [-0.2, 0) is 36.8 Å². The SMILES string of the molecule is NC(=O)CCC(NC(=O)C(CCCN=C(N)N)NC(=O)C(Cc1ccc(O)cc1)NC(=O)C(N)Cc1ccc(O)cc1)C(=O)O. The Balaban J connectivity index is 2.27. The number of rotatable bonds is 18. The van der Waals surface area contributed by atoms with E-state index in [9.17, 15) is 39.3 Å². The summed E-state index contributed by atoms with van der Waals surface area (Å²) in [6.07, 6.45) is -0.341. The van der Waals surface area contributed by atoms with Crippen molar-refractivity contribution in [3.8, 4) is 11.5 Å². The number of amides is 4. The van der Waals surface area contributed by atoms with Crippen LogP contribution in [0.3, 0.4) is 0 Å². The minimum atomic E-state index is -1.47. The van der Waals surface area contributed by atoms with Crippen molar-refractivity contribution in [3.63, 3.8) is 0 Å². The fourth-order valence-corrected chi connectivity index (χ4v) is 4.20. The number of hydrogen-bond acceptors (Lipinski definition) is 9. The number of hydrogen-bond donors (Lipinski definition) is 10. The van der Waals surface area contributed by atoms with Gasteiger partial charge in [-0.1, -0.05) is 24.3 Å². The Kier molecular flexibility index (Phi) is 14.1. The average molecular weight is 629 g/mol. The van der Waals surface area contributed by atoms with E-state index in [-0.39, 0.29) is 62.5 Å². The predicted octanol–water partition coefficient (Wildman–Crippen LogP) is -1.93. The lowest BCUT2D eigenvalue weighted by Gasteiger charge is -2.25. The van der Waals surface area contributed by atoms with Crippen molar-refractivity contribution in [2.75, 3.05) is 6.54 Å². The number of benzene rings is 2. The monoisotopic (exact) mass is 628 g/mol. The third-order valence-corrected chi connectivity index (χ3v) is 6.61. The molecule has 16 nitrogen and oxygen atoms in total. The van der Waals surface area contributed by atoms with E-state index >= 15 is 0 Å². The lowest BCUT2D eigenvalue weighted by molar-refractivity contribution is -0.142. The molecule has 0 spiro atoms. The van der Waals surface area contributed by atoms with Gasteiger partial charge in [-0.15, -0.1) is 0 Å². The Morgan fingerprint density at radius 1 is 0.689 bits per heavy atom. The second kappa shape index (κ2) is 17.7. The van der Waals surface area contributed by atoms with Gasteiger partial charge < -0.3 is 54.2 Å². The van der Waals surface area contributed by atoms with E-state index in [1.807, 2.05) is 0 Å². The largest absolute Gasteiger partial charge is 0.508 e. The van der Waals surface area contributed by atoms with Gasteiger partial charge in [-0.25, -0.2) is 4.79 Å². The standard InChI is InChI=1S/C29H40N8O8/c30-20(14-16-3-7-18(38)8-4-16)25(41)37-23(15-17-5-9-19(39)10-6-17)27(43)35-21(2-1-13-34-29(32)33)26(42)36-22(28(44)45)11-12-24(31)40/h3-10,20-23,38-39H,1-2,11-15,30H2,(H2,31,40)(H,35,43)(H,36,42)(H,37,41)(H,44,45)(H4,32,33,34). The van der Waals surface area contributed by atoms with Gasteiger partial charge in [-0.2, -0.15) is 0 Å². The number of nitrogens with two attached hydrogens (primary N) is 4. The van der Waals surface area contributed by atoms with E-state index in [0.717, 1.165) is 0 Å². The molecule has 0 aliphatic rings. The summed E-state index contributed by atoms with van der Waals surface area (Å²) in [5.41, 5.74) is 23.2. The third-order valence-electron chi connectivity index (χ3n) is 6.61. The first-order valence-corrected chi connectivity index (χ1v) is 14.0. The van der Waals surface area contributed by atoms with Gasteiger partial charge in [0.25, 0.3) is 0 Å². The highest BCUT2D eigenvalue weighted by Gasteiger charge is 2.30. The summed E-state index contributed by atoms with van der Waals surface area (Å²) in [5.74, 6) is -4.62. The van der Waals surface area contributed by atoms with Crippen molar-refractivity contribution in [1.82, 2.24) is 16.0 Å². The molecule has 16 heteroatoms. The van der Waals surface area contributed by atoms with Crippen LogP contribution in [0.25, 0.3) is 0 Å². The van der Waals surface area contributed by atoms with Gasteiger partial charge in [-0.3, -0.25) is 24.2 Å². The number of phenols is 2. The number of aromatic hydroxyl groups is 2. The van der Waals surface area contributed by atoms with Crippen molar-refractivity contribution >= 4 is 35.6 Å². The Bertz CT molecular complexity index is 1350. The minimum Gasteiger partial charge on any atom is -0.508 e. The van der Waals surface area contributed by atoms with Crippen LogP contribution < -0.4 is 38.9 Å². The summed E-state index contributed by atoms with van der Waals surface area (Å²) in [6.45, 7) is 0.103. The zero-order valence-corrected chi connectivity index (χ0v) is 24.5. The van der Waals surface area contributed by atoms with E-state index < -0.39 is 53.8 Å². The molecular weight excluding hydrogens is 588 g/mol. The lowest BCUT2D eigenvalue weighted by atomic mass is 10.0. The highest BCUT2D eigenvalue weighted by atomic mass is 16.4. The molecule has 0 heterocycles. The fraction of sp³-hybridized carbons (Fsp3) is 0.379. The van der Waals surface area contributed by atoms with Gasteiger partial charge in [0.1, 0.15) is 29.6 Å². The van der Waals surface area contributed by atoms with Crippen molar-refractivity contribution in [3.05, 3.63) is 59.7 Å². The Hall–Kier alpha value is -5.38. The Morgan fingerprint density at radius 2 is 1.18 bits per heavy atom. The number of carboxylic acid groups (broad SMARTS) is 1. The quantitative estimate of drug-likeness (QED) is 0.0492. The summed E-state index contributed by atoms with van der Waals surface area (Å²) >= 11 is 0. The lowest BCUT2D eigenvalue weighted by Crippen LogP contribution is -2.57. The molecule has 0 bridgehead atoms. The zero-order valence-electron chi connectivity index (χ0n) is 24.5. The molecule has 14 N–H and O–H groups in total. The van der Waals surface area contributed by atoms with Crippen LogP contribution in [0.2, 0.25) is 0 Å². The smallest absolute Gasteiger partial charge is 0.326 e. The number of carbonyl (C=O) groups is 5. The van der Waals surface area contributed by atoms with Gasteiger partial charge in [0.15, 0.2) is 5.96 Å². The highest BCUT2D eigenvalue weighted by molar-refractivity contribution is 5.94. The number of primary amides is 1. The molecule has 244 valence electrons. The van der Waals surface area contributed by atoms with Crippen LogP contribution in [0.5, 0.6) is 11.5 Å². The molecule has 0 fully saturated rings. The molecule has 2 aromatic carbocycles. The number of aliphatic carboxylic acids is 1. The molecule has 0 aliphatic heterocycles. The highest BCUT2D eigenvalue weighted by Crippen LogP contribution is 2.14. The number of nitrogens with one attached hydrogen (secondary N) is 3. The van der Waals surface area contributed by atoms with Gasteiger partial charge in [0.05, 0.1) is 6.04 Å². The minimum absolute atomic E-state index is 0.0125. The summed E-state index contributed by atoms with van der Waals surface area (Å²) in [6, 6.07) is 6.92.